The molecule has 0 aliphatic carbocycles. The lowest BCUT2D eigenvalue weighted by Gasteiger charge is -2.19. The zero-order valence-electron chi connectivity index (χ0n) is 13.1. The molecule has 4 nitrogen and oxygen atoms in total. The average Bonchev–Trinajstić information content (AvgIpc) is 2.49. The van der Waals surface area contributed by atoms with Gasteiger partial charge in [-0.2, -0.15) is 0 Å². The molecule has 0 spiro atoms. The molecule has 2 aromatic rings. The normalized spacial score (nSPS) is 10.5. The molecule has 21 heavy (non-hydrogen) atoms. The Kier molecular flexibility index (Phi) is 5.44. The molecule has 0 aliphatic heterocycles. The van der Waals surface area contributed by atoms with Crippen LogP contribution >= 0.6 is 11.8 Å². The van der Waals surface area contributed by atoms with E-state index >= 15 is 0 Å². The van der Waals surface area contributed by atoms with Crippen LogP contribution in [0.2, 0.25) is 0 Å². The van der Waals surface area contributed by atoms with Crippen molar-refractivity contribution in [3.63, 3.8) is 0 Å². The maximum Gasteiger partial charge on any atom is 0.191 e. The number of nitrogens with zero attached hydrogens (tertiary/aromatic N) is 3. The highest BCUT2D eigenvalue weighted by atomic mass is 32.2. The molecule has 0 radical (unpaired) electrons. The Morgan fingerprint density at radius 2 is 1.90 bits per heavy atom. The number of thioether (sulfide) groups is 1. The van der Waals surface area contributed by atoms with E-state index in [0.717, 1.165) is 29.9 Å². The van der Waals surface area contributed by atoms with Crippen LogP contribution in [0.4, 0.5) is 11.6 Å². The van der Waals surface area contributed by atoms with Crippen molar-refractivity contribution < 1.29 is 0 Å². The van der Waals surface area contributed by atoms with E-state index in [4.69, 9.17) is 0 Å². The molecule has 5 heteroatoms. The summed E-state index contributed by atoms with van der Waals surface area (Å²) >= 11 is 1.56. The van der Waals surface area contributed by atoms with Crippen molar-refractivity contribution in [1.82, 2.24) is 9.97 Å². The third kappa shape index (κ3) is 4.36. The number of benzene rings is 1. The molecule has 1 heterocycles. The number of aromatic nitrogens is 2. The summed E-state index contributed by atoms with van der Waals surface area (Å²) in [4.78, 5) is 11.2. The maximum absolute atomic E-state index is 4.59. The van der Waals surface area contributed by atoms with Crippen LogP contribution in [0.25, 0.3) is 0 Å². The van der Waals surface area contributed by atoms with Crippen molar-refractivity contribution in [2.45, 2.75) is 25.5 Å². The molecule has 0 amide bonds. The van der Waals surface area contributed by atoms with Gasteiger partial charge in [0.15, 0.2) is 5.16 Å². The first-order chi connectivity index (χ1) is 10.1. The molecule has 0 aliphatic rings. The van der Waals surface area contributed by atoms with Crippen LogP contribution in [-0.4, -0.2) is 29.8 Å². The Balaban J connectivity index is 2.19. The lowest BCUT2D eigenvalue weighted by atomic mass is 10.1. The molecule has 1 aromatic heterocycles. The van der Waals surface area contributed by atoms with E-state index in [-0.39, 0.29) is 0 Å². The molecule has 0 saturated carbocycles. The summed E-state index contributed by atoms with van der Waals surface area (Å²) in [5, 5.41) is 4.05. The minimum atomic E-state index is 0.791. The zero-order valence-corrected chi connectivity index (χ0v) is 13.9. The lowest BCUT2D eigenvalue weighted by molar-refractivity contribution is 0.856. The van der Waals surface area contributed by atoms with Crippen molar-refractivity contribution in [2.75, 3.05) is 30.1 Å². The first-order valence-electron chi connectivity index (χ1n) is 7.06. The fourth-order valence-electron chi connectivity index (χ4n) is 2.02. The minimum absolute atomic E-state index is 0.791. The van der Waals surface area contributed by atoms with Gasteiger partial charge in [-0.15, -0.1) is 0 Å². The van der Waals surface area contributed by atoms with Crippen molar-refractivity contribution in [2.24, 2.45) is 0 Å². The lowest BCUT2D eigenvalue weighted by Crippen LogP contribution is -2.18. The number of hydrogen-bond acceptors (Lipinski definition) is 5. The van der Waals surface area contributed by atoms with Gasteiger partial charge in [0.25, 0.3) is 0 Å². The van der Waals surface area contributed by atoms with Gasteiger partial charge in [0.05, 0.1) is 0 Å². The van der Waals surface area contributed by atoms with E-state index in [1.807, 2.05) is 12.3 Å². The van der Waals surface area contributed by atoms with Crippen molar-refractivity contribution in [1.29, 1.82) is 0 Å². The standard InChI is InChI=1S/C16H22N4S/c1-5-17-14-10-15(19-16(18-14)21-4)20(3)11-13-8-6-12(2)7-9-13/h6-10H,5,11H2,1-4H3,(H,17,18,19). The van der Waals surface area contributed by atoms with Gasteiger partial charge in [0.2, 0.25) is 0 Å². The molecule has 2 rings (SSSR count). The first kappa shape index (κ1) is 15.6. The molecule has 0 saturated heterocycles. The molecule has 0 bridgehead atoms. The van der Waals surface area contributed by atoms with Gasteiger partial charge < -0.3 is 10.2 Å². The van der Waals surface area contributed by atoms with Gasteiger partial charge in [0, 0.05) is 26.2 Å². The molecule has 0 unspecified atom stereocenters. The summed E-state index contributed by atoms with van der Waals surface area (Å²) in [6.45, 7) is 5.85. The monoisotopic (exact) mass is 302 g/mol. The minimum Gasteiger partial charge on any atom is -0.370 e. The highest BCUT2D eigenvalue weighted by molar-refractivity contribution is 7.98. The molecular weight excluding hydrogens is 280 g/mol. The Hall–Kier alpha value is -1.75. The second-order valence-electron chi connectivity index (χ2n) is 4.97. The smallest absolute Gasteiger partial charge is 0.191 e. The van der Waals surface area contributed by atoms with Crippen molar-refractivity contribution >= 4 is 23.4 Å². The number of aryl methyl sites for hydroxylation is 1. The van der Waals surface area contributed by atoms with Gasteiger partial charge in [0.1, 0.15) is 11.6 Å². The number of rotatable bonds is 6. The first-order valence-corrected chi connectivity index (χ1v) is 8.28. The Bertz CT molecular complexity index is 583. The van der Waals surface area contributed by atoms with Crippen LogP contribution < -0.4 is 10.2 Å². The van der Waals surface area contributed by atoms with Gasteiger partial charge in [-0.25, -0.2) is 9.97 Å². The molecule has 0 fully saturated rings. The zero-order chi connectivity index (χ0) is 15.2. The summed E-state index contributed by atoms with van der Waals surface area (Å²) < 4.78 is 0. The third-order valence-corrected chi connectivity index (χ3v) is 3.71. The van der Waals surface area contributed by atoms with Crippen LogP contribution in [0.3, 0.4) is 0 Å². The largest absolute Gasteiger partial charge is 0.370 e. The molecule has 112 valence electrons. The predicted molar refractivity (Wildman–Crippen MR) is 91.3 cm³/mol. The topological polar surface area (TPSA) is 41.0 Å². The van der Waals surface area contributed by atoms with Gasteiger partial charge in [-0.05, 0) is 25.7 Å². The predicted octanol–water partition coefficient (Wildman–Crippen LogP) is 3.58. The third-order valence-electron chi connectivity index (χ3n) is 3.16. The second kappa shape index (κ2) is 7.31. The SMILES string of the molecule is CCNc1cc(N(C)Cc2ccc(C)cc2)nc(SC)n1. The molecule has 0 atom stereocenters. The van der Waals surface area contributed by atoms with Crippen LogP contribution in [-0.2, 0) is 6.54 Å². The maximum atomic E-state index is 4.59. The van der Waals surface area contributed by atoms with E-state index in [9.17, 15) is 0 Å². The van der Waals surface area contributed by atoms with Gasteiger partial charge >= 0.3 is 0 Å². The fourth-order valence-corrected chi connectivity index (χ4v) is 2.39. The molecule has 1 N–H and O–H groups in total. The van der Waals surface area contributed by atoms with Crippen LogP contribution in [0.5, 0.6) is 0 Å². The van der Waals surface area contributed by atoms with E-state index in [0.29, 0.717) is 0 Å². The molecular formula is C16H22N4S. The average molecular weight is 302 g/mol. The highest BCUT2D eigenvalue weighted by Gasteiger charge is 2.08. The summed E-state index contributed by atoms with van der Waals surface area (Å²) in [5.41, 5.74) is 2.56. The Labute approximate surface area is 131 Å². The quantitative estimate of drug-likeness (QED) is 0.652. The second-order valence-corrected chi connectivity index (χ2v) is 5.74. The van der Waals surface area contributed by atoms with E-state index in [2.05, 4.69) is 65.3 Å². The summed E-state index contributed by atoms with van der Waals surface area (Å²) in [5.74, 6) is 1.81. The summed E-state index contributed by atoms with van der Waals surface area (Å²) in [6, 6.07) is 10.6. The van der Waals surface area contributed by atoms with Crippen LogP contribution in [0.15, 0.2) is 35.5 Å². The summed E-state index contributed by atoms with van der Waals surface area (Å²) in [7, 11) is 2.06. The van der Waals surface area contributed by atoms with E-state index < -0.39 is 0 Å². The number of anilines is 2. The Morgan fingerprint density at radius 1 is 1.19 bits per heavy atom. The molecule has 1 aromatic carbocycles. The number of hydrogen-bond donors (Lipinski definition) is 1. The Morgan fingerprint density at radius 3 is 2.52 bits per heavy atom. The number of nitrogens with one attached hydrogen (secondary N) is 1. The summed E-state index contributed by atoms with van der Waals surface area (Å²) in [6.07, 6.45) is 1.99. The van der Waals surface area contributed by atoms with E-state index in [1.54, 1.807) is 11.8 Å². The van der Waals surface area contributed by atoms with Gasteiger partial charge in [-0.1, -0.05) is 41.6 Å². The van der Waals surface area contributed by atoms with Crippen LogP contribution in [0.1, 0.15) is 18.1 Å². The van der Waals surface area contributed by atoms with Gasteiger partial charge in [-0.3, -0.25) is 0 Å². The highest BCUT2D eigenvalue weighted by Crippen LogP contribution is 2.21. The van der Waals surface area contributed by atoms with Crippen LogP contribution in [0, 0.1) is 6.92 Å². The van der Waals surface area contributed by atoms with Crippen molar-refractivity contribution in [3.8, 4) is 0 Å². The van der Waals surface area contributed by atoms with Crippen molar-refractivity contribution in [3.05, 3.63) is 41.5 Å². The van der Waals surface area contributed by atoms with E-state index in [1.165, 1.54) is 11.1 Å². The fraction of sp³-hybridized carbons (Fsp3) is 0.375.